The lowest BCUT2D eigenvalue weighted by molar-refractivity contribution is 0.526. The molecule has 0 fully saturated rings. The number of aromatic nitrogens is 2. The monoisotopic (exact) mass is 275 g/mol. The van der Waals surface area contributed by atoms with Crippen molar-refractivity contribution in [2.24, 2.45) is 7.05 Å². The number of benzene rings is 1. The summed E-state index contributed by atoms with van der Waals surface area (Å²) in [6.45, 7) is 6.93. The summed E-state index contributed by atoms with van der Waals surface area (Å²) >= 11 is 0. The van der Waals surface area contributed by atoms with Gasteiger partial charge in [0.15, 0.2) is 0 Å². The van der Waals surface area contributed by atoms with Crippen LogP contribution in [0.25, 0.3) is 0 Å². The predicted molar refractivity (Wildman–Crippen MR) is 79.0 cm³/mol. The molecule has 1 heterocycles. The van der Waals surface area contributed by atoms with E-state index >= 15 is 0 Å². The standard InChI is InChI=1S/C16H22FN3/c1-11(2)16-13(10-20(4)19-16)9-18-12(3)14-7-5-6-8-15(14)17/h5-8,10-12,18H,9H2,1-4H3. The Morgan fingerprint density at radius 2 is 1.95 bits per heavy atom. The molecular formula is C16H22FN3. The summed E-state index contributed by atoms with van der Waals surface area (Å²) in [5, 5.41) is 7.85. The molecule has 0 saturated carbocycles. The van der Waals surface area contributed by atoms with Crippen LogP contribution in [-0.4, -0.2) is 9.78 Å². The Kier molecular flexibility index (Phi) is 4.55. The van der Waals surface area contributed by atoms with Gasteiger partial charge in [-0.15, -0.1) is 0 Å². The minimum absolute atomic E-state index is 0.0311. The lowest BCUT2D eigenvalue weighted by atomic mass is 10.0. The summed E-state index contributed by atoms with van der Waals surface area (Å²) in [7, 11) is 1.93. The first kappa shape index (κ1) is 14.7. The van der Waals surface area contributed by atoms with E-state index < -0.39 is 0 Å². The first-order valence-electron chi connectivity index (χ1n) is 6.99. The molecule has 0 aliphatic rings. The Morgan fingerprint density at radius 3 is 2.60 bits per heavy atom. The molecule has 1 aromatic heterocycles. The van der Waals surface area contributed by atoms with E-state index in [0.29, 0.717) is 18.0 Å². The maximum absolute atomic E-state index is 13.7. The molecule has 0 spiro atoms. The van der Waals surface area contributed by atoms with E-state index in [4.69, 9.17) is 0 Å². The van der Waals surface area contributed by atoms with Crippen LogP contribution in [0.3, 0.4) is 0 Å². The molecule has 1 aromatic carbocycles. The van der Waals surface area contributed by atoms with E-state index in [2.05, 4.69) is 24.3 Å². The van der Waals surface area contributed by atoms with Gasteiger partial charge in [0.25, 0.3) is 0 Å². The van der Waals surface area contributed by atoms with Crippen LogP contribution in [0.15, 0.2) is 30.5 Å². The van der Waals surface area contributed by atoms with Gasteiger partial charge in [-0.1, -0.05) is 32.0 Å². The molecule has 2 aromatic rings. The number of nitrogens with zero attached hydrogens (tertiary/aromatic N) is 2. The average molecular weight is 275 g/mol. The lowest BCUT2D eigenvalue weighted by Gasteiger charge is -2.15. The molecule has 0 saturated heterocycles. The molecule has 108 valence electrons. The molecule has 3 nitrogen and oxygen atoms in total. The predicted octanol–water partition coefficient (Wildman–Crippen LogP) is 3.53. The molecule has 0 radical (unpaired) electrons. The zero-order chi connectivity index (χ0) is 14.7. The minimum atomic E-state index is -0.164. The molecule has 1 atom stereocenters. The maximum atomic E-state index is 13.7. The molecule has 20 heavy (non-hydrogen) atoms. The maximum Gasteiger partial charge on any atom is 0.127 e. The summed E-state index contributed by atoms with van der Waals surface area (Å²) < 4.78 is 15.6. The SMILES string of the molecule is CC(C)c1nn(C)cc1CNC(C)c1ccccc1F. The lowest BCUT2D eigenvalue weighted by Crippen LogP contribution is -2.19. The quantitative estimate of drug-likeness (QED) is 0.904. The molecule has 4 heteroatoms. The van der Waals surface area contributed by atoms with Crippen LogP contribution < -0.4 is 5.32 Å². The highest BCUT2D eigenvalue weighted by molar-refractivity contribution is 5.23. The van der Waals surface area contributed by atoms with E-state index in [0.717, 1.165) is 5.69 Å². The Labute approximate surface area is 119 Å². The van der Waals surface area contributed by atoms with Crippen molar-refractivity contribution < 1.29 is 4.39 Å². The molecule has 0 bridgehead atoms. The van der Waals surface area contributed by atoms with E-state index in [1.54, 1.807) is 6.07 Å². The summed E-state index contributed by atoms with van der Waals surface area (Å²) in [4.78, 5) is 0. The fourth-order valence-corrected chi connectivity index (χ4v) is 2.38. The van der Waals surface area contributed by atoms with Gasteiger partial charge < -0.3 is 5.32 Å². The fourth-order valence-electron chi connectivity index (χ4n) is 2.38. The van der Waals surface area contributed by atoms with Gasteiger partial charge >= 0.3 is 0 Å². The molecule has 0 aliphatic heterocycles. The Balaban J connectivity index is 2.07. The molecule has 2 rings (SSSR count). The first-order chi connectivity index (χ1) is 9.49. The third-order valence-corrected chi connectivity index (χ3v) is 3.45. The van der Waals surface area contributed by atoms with Crippen LogP contribution in [0, 0.1) is 5.82 Å². The van der Waals surface area contributed by atoms with Crippen LogP contribution >= 0.6 is 0 Å². The van der Waals surface area contributed by atoms with Crippen molar-refractivity contribution in [2.75, 3.05) is 0 Å². The zero-order valence-electron chi connectivity index (χ0n) is 12.5. The van der Waals surface area contributed by atoms with Gasteiger partial charge in [0, 0.05) is 37.0 Å². The van der Waals surface area contributed by atoms with Crippen LogP contribution in [0.5, 0.6) is 0 Å². The molecule has 1 N–H and O–H groups in total. The van der Waals surface area contributed by atoms with Crippen molar-refractivity contribution >= 4 is 0 Å². The Hall–Kier alpha value is -1.68. The van der Waals surface area contributed by atoms with Crippen molar-refractivity contribution in [1.29, 1.82) is 0 Å². The van der Waals surface area contributed by atoms with Gasteiger partial charge in [-0.3, -0.25) is 4.68 Å². The molecule has 1 unspecified atom stereocenters. The third-order valence-electron chi connectivity index (χ3n) is 3.45. The first-order valence-corrected chi connectivity index (χ1v) is 6.99. The van der Waals surface area contributed by atoms with Crippen LogP contribution in [-0.2, 0) is 13.6 Å². The number of hydrogen-bond donors (Lipinski definition) is 1. The second kappa shape index (κ2) is 6.18. The van der Waals surface area contributed by atoms with Gasteiger partial charge in [-0.25, -0.2) is 4.39 Å². The van der Waals surface area contributed by atoms with Gasteiger partial charge in [-0.2, -0.15) is 5.10 Å². The summed E-state index contributed by atoms with van der Waals surface area (Å²) in [5.74, 6) is 0.222. The number of rotatable bonds is 5. The Morgan fingerprint density at radius 1 is 1.25 bits per heavy atom. The number of hydrogen-bond acceptors (Lipinski definition) is 2. The summed E-state index contributed by atoms with van der Waals surface area (Å²) in [6.07, 6.45) is 2.02. The van der Waals surface area contributed by atoms with Crippen molar-refractivity contribution in [3.63, 3.8) is 0 Å². The van der Waals surface area contributed by atoms with Crippen LogP contribution in [0.4, 0.5) is 4.39 Å². The number of nitrogens with one attached hydrogen (secondary N) is 1. The average Bonchev–Trinajstić information content (AvgIpc) is 2.78. The van der Waals surface area contributed by atoms with E-state index in [1.807, 2.05) is 37.0 Å². The van der Waals surface area contributed by atoms with Crippen molar-refractivity contribution in [2.45, 2.75) is 39.3 Å². The smallest absolute Gasteiger partial charge is 0.127 e. The molecule has 0 aliphatic carbocycles. The van der Waals surface area contributed by atoms with E-state index in [9.17, 15) is 4.39 Å². The van der Waals surface area contributed by atoms with Crippen molar-refractivity contribution in [1.82, 2.24) is 15.1 Å². The zero-order valence-corrected chi connectivity index (χ0v) is 12.5. The fraction of sp³-hybridized carbons (Fsp3) is 0.438. The highest BCUT2D eigenvalue weighted by atomic mass is 19.1. The van der Waals surface area contributed by atoms with E-state index in [1.165, 1.54) is 11.6 Å². The van der Waals surface area contributed by atoms with Crippen LogP contribution in [0.1, 0.15) is 49.6 Å². The largest absolute Gasteiger partial charge is 0.306 e. The van der Waals surface area contributed by atoms with Gasteiger partial charge in [0.2, 0.25) is 0 Å². The normalized spacial score (nSPS) is 12.9. The minimum Gasteiger partial charge on any atom is -0.306 e. The number of halogens is 1. The second-order valence-corrected chi connectivity index (χ2v) is 5.49. The van der Waals surface area contributed by atoms with Gasteiger partial charge in [0.05, 0.1) is 5.69 Å². The van der Waals surface area contributed by atoms with Crippen molar-refractivity contribution in [3.05, 3.63) is 53.1 Å². The Bertz CT molecular complexity index is 575. The third kappa shape index (κ3) is 3.25. The molecule has 0 amide bonds. The highest BCUT2D eigenvalue weighted by Crippen LogP contribution is 2.20. The number of aryl methyl sites for hydroxylation is 1. The van der Waals surface area contributed by atoms with Gasteiger partial charge in [0.1, 0.15) is 5.82 Å². The highest BCUT2D eigenvalue weighted by Gasteiger charge is 2.14. The molecular weight excluding hydrogens is 253 g/mol. The van der Waals surface area contributed by atoms with E-state index in [-0.39, 0.29) is 11.9 Å². The van der Waals surface area contributed by atoms with Crippen molar-refractivity contribution in [3.8, 4) is 0 Å². The summed E-state index contributed by atoms with van der Waals surface area (Å²) in [6, 6.07) is 6.86. The van der Waals surface area contributed by atoms with Crippen LogP contribution in [0.2, 0.25) is 0 Å². The second-order valence-electron chi connectivity index (χ2n) is 5.49. The summed E-state index contributed by atoms with van der Waals surface area (Å²) in [5.41, 5.74) is 2.97. The van der Waals surface area contributed by atoms with Gasteiger partial charge in [-0.05, 0) is 18.9 Å². The topological polar surface area (TPSA) is 29.9 Å².